The van der Waals surface area contributed by atoms with Gasteiger partial charge in [-0.05, 0) is 57.1 Å². The van der Waals surface area contributed by atoms with Crippen molar-refractivity contribution in [3.05, 3.63) is 48.8 Å². The third-order valence-electron chi connectivity index (χ3n) is 7.93. The summed E-state index contributed by atoms with van der Waals surface area (Å²) in [6.07, 6.45) is 13.6. The molecule has 0 aliphatic heterocycles. The summed E-state index contributed by atoms with van der Waals surface area (Å²) >= 11 is 0. The first kappa shape index (κ1) is 31.9. The fourth-order valence-corrected chi connectivity index (χ4v) is 5.82. The zero-order valence-electron chi connectivity index (χ0n) is 24.6. The van der Waals surface area contributed by atoms with Crippen LogP contribution >= 0.6 is 7.82 Å². The molecule has 238 valence electrons. The standard InChI is InChI=1S/C15H22NO6P.C14H18N6O/c1-12(15(17)22-23(18,19)20)16(14-9-3-2-4-10-14)21-11-13-7-5-6-8-13;15-14-18-12(17-9-2-3-9)11-13(19-14)20(7-16-11)10-4-1-8(5-10)6-21/h2-4,9-10,12-13H,5-8,11H2,1H3,(H2,18,19,20);1,4,7-10,21H,2-3,5-6H2,(H3,15,17,18,19)/t12-;8-,10+/m01/s1. The minimum atomic E-state index is -4.88. The van der Waals surface area contributed by atoms with Gasteiger partial charge in [-0.15, -0.1) is 0 Å². The predicted octanol–water partition coefficient (Wildman–Crippen LogP) is 3.73. The first-order chi connectivity index (χ1) is 21.1. The molecule has 15 heteroatoms. The van der Waals surface area contributed by atoms with Crippen LogP contribution < -0.4 is 16.1 Å². The number of fused-ring (bicyclic) bond motifs is 1. The molecule has 0 saturated heterocycles. The molecule has 1 aromatic carbocycles. The van der Waals surface area contributed by atoms with Crippen LogP contribution in [0.5, 0.6) is 0 Å². The van der Waals surface area contributed by atoms with Gasteiger partial charge in [-0.1, -0.05) is 43.2 Å². The topological polar surface area (TPSA) is 198 Å². The highest BCUT2D eigenvalue weighted by Crippen LogP contribution is 2.37. The number of benzene rings is 1. The van der Waals surface area contributed by atoms with E-state index in [0.717, 1.165) is 49.1 Å². The van der Waals surface area contributed by atoms with Crippen molar-refractivity contribution in [2.45, 2.75) is 70.0 Å². The number of para-hydroxylation sites is 1. The highest BCUT2D eigenvalue weighted by molar-refractivity contribution is 7.46. The molecule has 44 heavy (non-hydrogen) atoms. The average molecular weight is 630 g/mol. The van der Waals surface area contributed by atoms with E-state index in [1.807, 2.05) is 16.7 Å². The molecule has 6 rings (SSSR count). The largest absolute Gasteiger partial charge is 0.527 e. The minimum Gasteiger partial charge on any atom is -0.396 e. The molecular weight excluding hydrogens is 589 g/mol. The number of nitrogens with two attached hydrogens (primary N) is 1. The van der Waals surface area contributed by atoms with Crippen LogP contribution in [0.1, 0.15) is 57.9 Å². The van der Waals surface area contributed by atoms with E-state index >= 15 is 0 Å². The van der Waals surface area contributed by atoms with E-state index in [4.69, 9.17) is 20.4 Å². The second kappa shape index (κ2) is 14.0. The Hall–Kier alpha value is -3.55. The van der Waals surface area contributed by atoms with Crippen molar-refractivity contribution < 1.29 is 33.6 Å². The molecule has 0 unspecified atom stereocenters. The number of carbonyl (C=O) groups excluding carboxylic acids is 1. The van der Waals surface area contributed by atoms with Gasteiger partial charge in [0.1, 0.15) is 0 Å². The van der Waals surface area contributed by atoms with Crippen LogP contribution in [0.3, 0.4) is 0 Å². The Morgan fingerprint density at radius 2 is 1.89 bits per heavy atom. The molecular formula is C29H40N7O7P. The number of aromatic nitrogens is 4. The number of nitrogen functional groups attached to an aromatic ring is 1. The Morgan fingerprint density at radius 1 is 1.16 bits per heavy atom. The third-order valence-corrected chi connectivity index (χ3v) is 8.35. The summed E-state index contributed by atoms with van der Waals surface area (Å²) in [4.78, 5) is 48.4. The molecule has 0 bridgehead atoms. The lowest BCUT2D eigenvalue weighted by atomic mass is 10.1. The second-order valence-corrected chi connectivity index (χ2v) is 12.7. The van der Waals surface area contributed by atoms with Gasteiger partial charge in [0, 0.05) is 18.6 Å². The summed E-state index contributed by atoms with van der Waals surface area (Å²) in [5, 5.41) is 14.0. The number of phosphoric acid groups is 1. The number of hydrogen-bond donors (Lipinski definition) is 5. The fourth-order valence-electron chi connectivity index (χ4n) is 5.43. The second-order valence-electron chi connectivity index (χ2n) is 11.5. The number of nitrogens with one attached hydrogen (secondary N) is 1. The van der Waals surface area contributed by atoms with Gasteiger partial charge in [0.05, 0.1) is 24.7 Å². The maximum Gasteiger partial charge on any atom is 0.527 e. The van der Waals surface area contributed by atoms with Crippen LogP contribution in [0.25, 0.3) is 11.2 Å². The number of nitrogens with zero attached hydrogens (tertiary/aromatic N) is 5. The third kappa shape index (κ3) is 8.33. The Bertz CT molecular complexity index is 1490. The van der Waals surface area contributed by atoms with Crippen molar-refractivity contribution in [3.8, 4) is 0 Å². The van der Waals surface area contributed by atoms with Gasteiger partial charge in [-0.2, -0.15) is 9.97 Å². The van der Waals surface area contributed by atoms with E-state index in [2.05, 4.69) is 30.9 Å². The molecule has 3 atom stereocenters. The summed E-state index contributed by atoms with van der Waals surface area (Å²) in [5.74, 6) is 0.586. The number of phosphoric ester groups is 1. The van der Waals surface area contributed by atoms with Gasteiger partial charge in [-0.3, -0.25) is 14.6 Å². The Balaban J connectivity index is 0.000000175. The van der Waals surface area contributed by atoms with Gasteiger partial charge in [0.25, 0.3) is 0 Å². The number of hydrogen-bond acceptors (Lipinski definition) is 11. The number of aliphatic hydroxyl groups is 1. The molecule has 3 aromatic rings. The van der Waals surface area contributed by atoms with Crippen molar-refractivity contribution in [2.75, 3.05) is 29.3 Å². The first-order valence-electron chi connectivity index (χ1n) is 14.9. The van der Waals surface area contributed by atoms with Crippen molar-refractivity contribution in [2.24, 2.45) is 11.8 Å². The SMILES string of the molecule is C[C@@H](C(=O)OP(=O)(O)O)N(OCC1CCCC1)c1ccccc1.Nc1nc(NC2CC2)c2ncn([C@H]3C=C[C@@H](CO)C3)c2n1. The monoisotopic (exact) mass is 629 g/mol. The molecule has 0 radical (unpaired) electrons. The van der Waals surface area contributed by atoms with Gasteiger partial charge in [0.2, 0.25) is 5.95 Å². The van der Waals surface area contributed by atoms with Crippen molar-refractivity contribution in [1.82, 2.24) is 19.5 Å². The normalized spacial score (nSPS) is 20.7. The van der Waals surface area contributed by atoms with Crippen LogP contribution in [0, 0.1) is 11.8 Å². The Labute approximate surface area is 255 Å². The lowest BCUT2D eigenvalue weighted by molar-refractivity contribution is -0.139. The highest BCUT2D eigenvalue weighted by atomic mass is 31.2. The van der Waals surface area contributed by atoms with Crippen LogP contribution in [0.4, 0.5) is 17.5 Å². The van der Waals surface area contributed by atoms with Crippen LogP contribution in [-0.4, -0.2) is 65.7 Å². The lowest BCUT2D eigenvalue weighted by Gasteiger charge is -2.29. The Kier molecular flexibility index (Phi) is 10.2. The zero-order chi connectivity index (χ0) is 31.3. The molecule has 2 saturated carbocycles. The summed E-state index contributed by atoms with van der Waals surface area (Å²) in [5.41, 5.74) is 7.98. The van der Waals surface area contributed by atoms with E-state index in [0.29, 0.717) is 24.3 Å². The molecule has 2 aromatic heterocycles. The maximum absolute atomic E-state index is 11.9. The van der Waals surface area contributed by atoms with E-state index in [-0.39, 0.29) is 24.5 Å². The number of hydroxylamine groups is 1. The summed E-state index contributed by atoms with van der Waals surface area (Å²) in [6, 6.07) is 8.60. The average Bonchev–Trinajstić information content (AvgIpc) is 3.35. The summed E-state index contributed by atoms with van der Waals surface area (Å²) in [6.45, 7) is 2.12. The summed E-state index contributed by atoms with van der Waals surface area (Å²) < 4.78 is 17.1. The number of anilines is 3. The molecule has 3 aliphatic rings. The van der Waals surface area contributed by atoms with Gasteiger partial charge >= 0.3 is 13.8 Å². The molecule has 0 spiro atoms. The minimum absolute atomic E-state index is 0.162. The molecule has 2 heterocycles. The lowest BCUT2D eigenvalue weighted by Crippen LogP contribution is -2.40. The van der Waals surface area contributed by atoms with E-state index in [1.165, 1.54) is 24.8 Å². The van der Waals surface area contributed by atoms with Crippen molar-refractivity contribution >= 4 is 42.4 Å². The van der Waals surface area contributed by atoms with Crippen molar-refractivity contribution in [3.63, 3.8) is 0 Å². The molecule has 0 amide bonds. The summed E-state index contributed by atoms with van der Waals surface area (Å²) in [7, 11) is -4.88. The van der Waals surface area contributed by atoms with E-state index < -0.39 is 19.8 Å². The number of imidazole rings is 1. The number of rotatable bonds is 11. The predicted molar refractivity (Wildman–Crippen MR) is 164 cm³/mol. The molecule has 3 aliphatic carbocycles. The smallest absolute Gasteiger partial charge is 0.396 e. The van der Waals surface area contributed by atoms with Crippen LogP contribution in [-0.2, 0) is 18.7 Å². The van der Waals surface area contributed by atoms with E-state index in [1.54, 1.807) is 30.6 Å². The first-order valence-corrected chi connectivity index (χ1v) is 16.5. The number of carbonyl (C=O) groups is 1. The molecule has 14 nitrogen and oxygen atoms in total. The number of aliphatic hydroxyl groups excluding tert-OH is 1. The molecule has 2 fully saturated rings. The van der Waals surface area contributed by atoms with Gasteiger partial charge < -0.3 is 25.2 Å². The van der Waals surface area contributed by atoms with E-state index in [9.17, 15) is 14.5 Å². The van der Waals surface area contributed by atoms with Crippen LogP contribution in [0.15, 0.2) is 48.8 Å². The maximum atomic E-state index is 11.9. The zero-order valence-corrected chi connectivity index (χ0v) is 25.5. The fraction of sp³-hybridized carbons (Fsp3) is 0.517. The van der Waals surface area contributed by atoms with Crippen LogP contribution in [0.2, 0.25) is 0 Å². The van der Waals surface area contributed by atoms with Crippen molar-refractivity contribution in [1.29, 1.82) is 0 Å². The quantitative estimate of drug-likeness (QED) is 0.117. The molecule has 6 N–H and O–H groups in total. The number of allylic oxidation sites excluding steroid dienone is 1. The van der Waals surface area contributed by atoms with Gasteiger partial charge in [-0.25, -0.2) is 19.4 Å². The highest BCUT2D eigenvalue weighted by Gasteiger charge is 2.31. The Morgan fingerprint density at radius 3 is 2.52 bits per heavy atom. The van der Waals surface area contributed by atoms with Gasteiger partial charge in [0.15, 0.2) is 23.0 Å².